The van der Waals surface area contributed by atoms with Crippen LogP contribution >= 0.6 is 0 Å². The molecule has 1 saturated heterocycles. The second-order valence-electron chi connectivity index (χ2n) is 9.54. The first-order chi connectivity index (χ1) is 16.9. The van der Waals surface area contributed by atoms with Crippen LogP contribution in [0, 0.1) is 20.8 Å². The molecule has 4 aromatic rings. The molecular weight excluding hydrogens is 438 g/mol. The van der Waals surface area contributed by atoms with Gasteiger partial charge in [-0.3, -0.25) is 4.79 Å². The number of ether oxygens (including phenoxy) is 1. The van der Waals surface area contributed by atoms with Crippen LogP contribution in [0.2, 0.25) is 0 Å². The smallest absolute Gasteiger partial charge is 0.227 e. The van der Waals surface area contributed by atoms with Crippen LogP contribution in [-0.2, 0) is 11.3 Å². The van der Waals surface area contributed by atoms with Crippen molar-refractivity contribution in [2.45, 2.75) is 45.8 Å². The summed E-state index contributed by atoms with van der Waals surface area (Å²) in [5.41, 5.74) is 6.12. The van der Waals surface area contributed by atoms with Gasteiger partial charge in [-0.1, -0.05) is 47.5 Å². The Morgan fingerprint density at radius 3 is 2.54 bits per heavy atom. The van der Waals surface area contributed by atoms with E-state index in [0.29, 0.717) is 19.5 Å². The second-order valence-corrected chi connectivity index (χ2v) is 9.54. The third kappa shape index (κ3) is 4.80. The molecule has 6 nitrogen and oxygen atoms in total. The van der Waals surface area contributed by atoms with E-state index in [0.717, 1.165) is 39.4 Å². The molecule has 0 aliphatic carbocycles. The largest absolute Gasteiger partial charge is 0.491 e. The molecule has 180 valence electrons. The number of aliphatic hydroxyl groups excluding tert-OH is 1. The maximum atomic E-state index is 12.9. The summed E-state index contributed by atoms with van der Waals surface area (Å²) in [5.74, 6) is 1.65. The number of carbonyl (C=O) groups excluding carboxylic acids is 1. The topological polar surface area (TPSA) is 67.6 Å². The molecule has 1 N–H and O–H groups in total. The molecule has 1 aliphatic heterocycles. The van der Waals surface area contributed by atoms with Gasteiger partial charge in [-0.2, -0.15) is 0 Å². The number of rotatable bonds is 7. The van der Waals surface area contributed by atoms with Crippen molar-refractivity contribution in [3.63, 3.8) is 0 Å². The maximum Gasteiger partial charge on any atom is 0.227 e. The summed E-state index contributed by atoms with van der Waals surface area (Å²) in [6, 6.07) is 22.0. The van der Waals surface area contributed by atoms with Crippen molar-refractivity contribution >= 4 is 22.6 Å². The summed E-state index contributed by atoms with van der Waals surface area (Å²) < 4.78 is 7.99. The number of imidazole rings is 1. The van der Waals surface area contributed by atoms with Gasteiger partial charge in [-0.05, 0) is 56.7 Å². The molecule has 35 heavy (non-hydrogen) atoms. The van der Waals surface area contributed by atoms with E-state index in [4.69, 9.17) is 9.72 Å². The minimum absolute atomic E-state index is 0.0522. The van der Waals surface area contributed by atoms with E-state index in [2.05, 4.69) is 10.6 Å². The Kier molecular flexibility index (Phi) is 6.31. The Balaban J connectivity index is 1.37. The molecule has 6 heteroatoms. The van der Waals surface area contributed by atoms with E-state index in [-0.39, 0.29) is 18.4 Å². The molecule has 2 heterocycles. The number of carbonyl (C=O) groups is 1. The van der Waals surface area contributed by atoms with Crippen molar-refractivity contribution < 1.29 is 14.6 Å². The first kappa shape index (κ1) is 23.1. The highest BCUT2D eigenvalue weighted by molar-refractivity contribution is 5.96. The van der Waals surface area contributed by atoms with E-state index < -0.39 is 6.10 Å². The number of aromatic nitrogens is 2. The molecular formula is C29H31N3O3. The molecule has 0 radical (unpaired) electrons. The number of hydrogen-bond donors (Lipinski definition) is 1. The number of anilines is 1. The first-order valence-electron chi connectivity index (χ1n) is 12.1. The summed E-state index contributed by atoms with van der Waals surface area (Å²) in [7, 11) is 0. The number of amides is 1. The van der Waals surface area contributed by atoms with Gasteiger partial charge in [0.1, 0.15) is 24.3 Å². The van der Waals surface area contributed by atoms with Crippen LogP contribution in [0.1, 0.15) is 34.9 Å². The van der Waals surface area contributed by atoms with Crippen LogP contribution in [0.25, 0.3) is 11.0 Å². The third-order valence-electron chi connectivity index (χ3n) is 6.67. The van der Waals surface area contributed by atoms with Crippen molar-refractivity contribution in [3.8, 4) is 5.75 Å². The Morgan fingerprint density at radius 1 is 1.03 bits per heavy atom. The van der Waals surface area contributed by atoms with Crippen molar-refractivity contribution in [2.75, 3.05) is 18.1 Å². The predicted molar refractivity (Wildman–Crippen MR) is 138 cm³/mol. The van der Waals surface area contributed by atoms with Crippen LogP contribution in [0.3, 0.4) is 0 Å². The number of aryl methyl sites for hydroxylation is 3. The Hall–Kier alpha value is -3.64. The summed E-state index contributed by atoms with van der Waals surface area (Å²) in [6.07, 6.45) is -0.329. The molecule has 1 aromatic heterocycles. The van der Waals surface area contributed by atoms with Crippen molar-refractivity contribution in [3.05, 3.63) is 89.2 Å². The van der Waals surface area contributed by atoms with Crippen LogP contribution in [0.4, 0.5) is 5.69 Å². The highest BCUT2D eigenvalue weighted by Gasteiger charge is 2.35. The maximum absolute atomic E-state index is 12.9. The number of fused-ring (bicyclic) bond motifs is 1. The van der Waals surface area contributed by atoms with Crippen LogP contribution in [0.15, 0.2) is 66.7 Å². The number of benzene rings is 3. The third-order valence-corrected chi connectivity index (χ3v) is 6.67. The molecule has 2 atom stereocenters. The zero-order valence-corrected chi connectivity index (χ0v) is 20.4. The Labute approximate surface area is 205 Å². The average Bonchev–Trinajstić information content (AvgIpc) is 3.40. The van der Waals surface area contributed by atoms with Gasteiger partial charge < -0.3 is 19.3 Å². The highest BCUT2D eigenvalue weighted by atomic mass is 16.5. The van der Waals surface area contributed by atoms with Gasteiger partial charge in [0, 0.05) is 24.6 Å². The standard InChI is InChI=1S/C29H31N3O3/c1-19-8-11-23(12-9-19)31-16-22(15-28(31)34)29-30-25-6-4-5-7-26(25)32(29)17-24(33)18-35-27-13-10-20(2)14-21(27)3/h4-14,22,24,33H,15-18H2,1-3H3. The lowest BCUT2D eigenvalue weighted by Gasteiger charge is -2.19. The fourth-order valence-electron chi connectivity index (χ4n) is 4.86. The van der Waals surface area contributed by atoms with Gasteiger partial charge in [0.25, 0.3) is 0 Å². The van der Waals surface area contributed by atoms with E-state index in [9.17, 15) is 9.90 Å². The van der Waals surface area contributed by atoms with Gasteiger partial charge in [0.05, 0.1) is 17.6 Å². The van der Waals surface area contributed by atoms with E-state index >= 15 is 0 Å². The fraction of sp³-hybridized carbons (Fsp3) is 0.310. The van der Waals surface area contributed by atoms with E-state index in [1.807, 2.05) is 86.3 Å². The normalized spacial score (nSPS) is 16.7. The summed E-state index contributed by atoms with van der Waals surface area (Å²) in [4.78, 5) is 19.7. The Morgan fingerprint density at radius 2 is 1.77 bits per heavy atom. The van der Waals surface area contributed by atoms with Crippen LogP contribution in [-0.4, -0.2) is 39.8 Å². The molecule has 0 bridgehead atoms. The average molecular weight is 470 g/mol. The minimum Gasteiger partial charge on any atom is -0.491 e. The molecule has 3 aromatic carbocycles. The number of hydrogen-bond acceptors (Lipinski definition) is 4. The van der Waals surface area contributed by atoms with E-state index in [1.54, 1.807) is 0 Å². The minimum atomic E-state index is -0.725. The lowest BCUT2D eigenvalue weighted by molar-refractivity contribution is -0.117. The van der Waals surface area contributed by atoms with Gasteiger partial charge in [-0.15, -0.1) is 0 Å². The Bertz CT molecular complexity index is 1360. The van der Waals surface area contributed by atoms with Gasteiger partial charge in [0.2, 0.25) is 5.91 Å². The zero-order valence-electron chi connectivity index (χ0n) is 20.4. The predicted octanol–water partition coefficient (Wildman–Crippen LogP) is 4.92. The summed E-state index contributed by atoms with van der Waals surface area (Å²) >= 11 is 0. The lowest BCUT2D eigenvalue weighted by Crippen LogP contribution is -2.26. The number of aliphatic hydroxyl groups is 1. The van der Waals surface area contributed by atoms with Gasteiger partial charge in [-0.25, -0.2) is 4.98 Å². The van der Waals surface area contributed by atoms with Gasteiger partial charge >= 0.3 is 0 Å². The molecule has 5 rings (SSSR count). The first-order valence-corrected chi connectivity index (χ1v) is 12.1. The van der Waals surface area contributed by atoms with Crippen molar-refractivity contribution in [2.24, 2.45) is 0 Å². The summed E-state index contributed by atoms with van der Waals surface area (Å²) in [5, 5.41) is 10.9. The summed E-state index contributed by atoms with van der Waals surface area (Å²) in [6.45, 7) is 7.18. The van der Waals surface area contributed by atoms with E-state index in [1.165, 1.54) is 5.56 Å². The highest BCUT2D eigenvalue weighted by Crippen LogP contribution is 2.33. The molecule has 1 fully saturated rings. The van der Waals surface area contributed by atoms with Gasteiger partial charge in [0.15, 0.2) is 0 Å². The zero-order chi connectivity index (χ0) is 24.5. The molecule has 0 spiro atoms. The quantitative estimate of drug-likeness (QED) is 0.417. The van der Waals surface area contributed by atoms with Crippen molar-refractivity contribution in [1.29, 1.82) is 0 Å². The van der Waals surface area contributed by atoms with Crippen LogP contribution in [0.5, 0.6) is 5.75 Å². The number of para-hydroxylation sites is 2. The number of nitrogens with zero attached hydrogens (tertiary/aromatic N) is 3. The molecule has 2 unspecified atom stereocenters. The molecule has 1 aliphatic rings. The van der Waals surface area contributed by atoms with Crippen molar-refractivity contribution in [1.82, 2.24) is 9.55 Å². The lowest BCUT2D eigenvalue weighted by atomic mass is 10.1. The fourth-order valence-corrected chi connectivity index (χ4v) is 4.86. The SMILES string of the molecule is Cc1ccc(N2CC(c3nc4ccccc4n3CC(O)COc3ccc(C)cc3C)CC2=O)cc1. The molecule has 1 amide bonds. The second kappa shape index (κ2) is 9.55. The molecule has 0 saturated carbocycles. The monoisotopic (exact) mass is 469 g/mol. The van der Waals surface area contributed by atoms with Crippen LogP contribution < -0.4 is 9.64 Å².